The number of benzene rings is 1. The molecule has 6 nitrogen and oxygen atoms in total. The van der Waals surface area contributed by atoms with Crippen molar-refractivity contribution in [2.45, 2.75) is 11.8 Å². The largest absolute Gasteiger partial charge is 0.304 e. The molecule has 1 saturated heterocycles. The van der Waals surface area contributed by atoms with Crippen molar-refractivity contribution in [3.63, 3.8) is 0 Å². The van der Waals surface area contributed by atoms with Crippen molar-refractivity contribution in [3.05, 3.63) is 29.3 Å². The first-order valence-electron chi connectivity index (χ1n) is 6.39. The first-order chi connectivity index (χ1) is 9.42. The van der Waals surface area contributed by atoms with Crippen LogP contribution in [0, 0.1) is 18.3 Å². The maximum absolute atomic E-state index is 12.4. The van der Waals surface area contributed by atoms with E-state index in [1.165, 1.54) is 12.1 Å². The highest BCUT2D eigenvalue weighted by molar-refractivity contribution is 7.89. The minimum Gasteiger partial charge on any atom is -0.304 e. The number of nitrogens with zero attached hydrogens (tertiary/aromatic N) is 3. The number of likely N-dealkylation sites (N-methyl/N-ethyl adjacent to an activating group) is 1. The summed E-state index contributed by atoms with van der Waals surface area (Å²) in [6.07, 6.45) is 0. The SMILES string of the molecule is Cc1cc(C#N)ccc1S(=O)(=O)NN1CCN(C)CC1. The van der Waals surface area contributed by atoms with Gasteiger partial charge >= 0.3 is 0 Å². The second-order valence-corrected chi connectivity index (χ2v) is 6.61. The topological polar surface area (TPSA) is 76.4 Å². The van der Waals surface area contributed by atoms with Crippen LogP contribution in [0.5, 0.6) is 0 Å². The molecule has 0 amide bonds. The van der Waals surface area contributed by atoms with E-state index < -0.39 is 10.0 Å². The summed E-state index contributed by atoms with van der Waals surface area (Å²) in [6, 6.07) is 6.58. The van der Waals surface area contributed by atoms with Crippen molar-refractivity contribution < 1.29 is 8.42 Å². The third kappa shape index (κ3) is 3.35. The van der Waals surface area contributed by atoms with Gasteiger partial charge in [0.05, 0.1) is 16.5 Å². The lowest BCUT2D eigenvalue weighted by molar-refractivity contribution is 0.135. The van der Waals surface area contributed by atoms with E-state index in [4.69, 9.17) is 5.26 Å². The molecule has 1 aliphatic heterocycles. The Bertz CT molecular complexity index is 628. The Kier molecular flexibility index (Phi) is 4.40. The van der Waals surface area contributed by atoms with Gasteiger partial charge < -0.3 is 4.90 Å². The highest BCUT2D eigenvalue weighted by Gasteiger charge is 2.22. The minimum absolute atomic E-state index is 0.218. The molecule has 0 saturated carbocycles. The zero-order valence-corrected chi connectivity index (χ0v) is 12.4. The molecule has 1 aromatic rings. The predicted octanol–water partition coefficient (Wildman–Crippen LogP) is 0.307. The molecule has 0 aromatic heterocycles. The molecular weight excluding hydrogens is 276 g/mol. The lowest BCUT2D eigenvalue weighted by atomic mass is 10.2. The summed E-state index contributed by atoms with van der Waals surface area (Å²) >= 11 is 0. The molecule has 0 aliphatic carbocycles. The predicted molar refractivity (Wildman–Crippen MR) is 75.3 cm³/mol. The highest BCUT2D eigenvalue weighted by Crippen LogP contribution is 2.16. The lowest BCUT2D eigenvalue weighted by Gasteiger charge is -2.32. The monoisotopic (exact) mass is 294 g/mol. The normalized spacial score (nSPS) is 17.9. The van der Waals surface area contributed by atoms with Crippen molar-refractivity contribution in [2.75, 3.05) is 33.2 Å². The maximum atomic E-state index is 12.4. The standard InChI is InChI=1S/C13H18N4O2S/c1-11-9-12(10-14)3-4-13(11)20(18,19)15-17-7-5-16(2)6-8-17/h3-4,9,15H,5-8H2,1-2H3. The highest BCUT2D eigenvalue weighted by atomic mass is 32.2. The van der Waals surface area contributed by atoms with Gasteiger partial charge in [-0.1, -0.05) is 0 Å². The Morgan fingerprint density at radius 1 is 1.25 bits per heavy atom. The molecule has 0 radical (unpaired) electrons. The van der Waals surface area contributed by atoms with E-state index in [1.807, 2.05) is 13.1 Å². The molecule has 7 heteroatoms. The van der Waals surface area contributed by atoms with E-state index in [9.17, 15) is 8.42 Å². The molecule has 20 heavy (non-hydrogen) atoms. The fourth-order valence-electron chi connectivity index (χ4n) is 2.14. The Balaban J connectivity index is 2.16. The van der Waals surface area contributed by atoms with Crippen LogP contribution >= 0.6 is 0 Å². The molecule has 1 aliphatic rings. The third-order valence-electron chi connectivity index (χ3n) is 3.35. The number of rotatable bonds is 3. The van der Waals surface area contributed by atoms with E-state index in [0.717, 1.165) is 13.1 Å². The van der Waals surface area contributed by atoms with Crippen molar-refractivity contribution in [1.82, 2.24) is 14.7 Å². The molecule has 1 fully saturated rings. The average molecular weight is 294 g/mol. The third-order valence-corrected chi connectivity index (χ3v) is 4.88. The van der Waals surface area contributed by atoms with Gasteiger partial charge in [0.2, 0.25) is 0 Å². The number of piperazine rings is 1. The zero-order chi connectivity index (χ0) is 14.8. The van der Waals surface area contributed by atoms with Crippen molar-refractivity contribution in [1.29, 1.82) is 5.26 Å². The van der Waals surface area contributed by atoms with Gasteiger partial charge in [-0.15, -0.1) is 4.83 Å². The number of nitrogens with one attached hydrogen (secondary N) is 1. The van der Waals surface area contributed by atoms with Crippen LogP contribution in [0.3, 0.4) is 0 Å². The maximum Gasteiger partial charge on any atom is 0.253 e. The van der Waals surface area contributed by atoms with Crippen molar-refractivity contribution in [2.24, 2.45) is 0 Å². The summed E-state index contributed by atoms with van der Waals surface area (Å²) in [7, 11) is -1.57. The van der Waals surface area contributed by atoms with E-state index in [2.05, 4.69) is 9.73 Å². The number of sulfonamides is 1. The summed E-state index contributed by atoms with van der Waals surface area (Å²) in [5.41, 5.74) is 1.03. The Morgan fingerprint density at radius 3 is 2.45 bits per heavy atom. The molecule has 2 rings (SSSR count). The molecule has 1 heterocycles. The van der Waals surface area contributed by atoms with Crippen molar-refractivity contribution in [3.8, 4) is 6.07 Å². The van der Waals surface area contributed by atoms with Crippen LogP contribution in [0.25, 0.3) is 0 Å². The number of nitriles is 1. The summed E-state index contributed by atoms with van der Waals surface area (Å²) in [5.74, 6) is 0. The van der Waals surface area contributed by atoms with Gasteiger partial charge in [-0.3, -0.25) is 0 Å². The fourth-order valence-corrected chi connectivity index (χ4v) is 3.49. The minimum atomic E-state index is -3.59. The second kappa shape index (κ2) is 5.89. The van der Waals surface area contributed by atoms with Gasteiger partial charge in [-0.05, 0) is 37.7 Å². The molecule has 0 unspecified atom stereocenters. The molecular formula is C13H18N4O2S. The van der Waals surface area contributed by atoms with Crippen LogP contribution in [-0.4, -0.2) is 51.6 Å². The van der Waals surface area contributed by atoms with E-state index in [-0.39, 0.29) is 4.90 Å². The summed E-state index contributed by atoms with van der Waals surface area (Å²) in [6.45, 7) is 4.67. The fraction of sp³-hybridized carbons (Fsp3) is 0.462. The second-order valence-electron chi connectivity index (χ2n) is 4.98. The Labute approximate surface area is 119 Å². The van der Waals surface area contributed by atoms with Crippen LogP contribution in [0.15, 0.2) is 23.1 Å². The molecule has 1 N–H and O–H groups in total. The zero-order valence-electron chi connectivity index (χ0n) is 11.6. The Hall–Kier alpha value is -1.46. The average Bonchev–Trinajstić information content (AvgIpc) is 2.40. The van der Waals surface area contributed by atoms with Crippen LogP contribution < -0.4 is 4.83 Å². The van der Waals surface area contributed by atoms with Crippen LogP contribution in [0.4, 0.5) is 0 Å². The van der Waals surface area contributed by atoms with Gasteiger partial charge in [-0.25, -0.2) is 13.4 Å². The number of hydrogen-bond donors (Lipinski definition) is 1. The van der Waals surface area contributed by atoms with Gasteiger partial charge in [0.1, 0.15) is 0 Å². The first kappa shape index (κ1) is 14.9. The first-order valence-corrected chi connectivity index (χ1v) is 7.87. The van der Waals surface area contributed by atoms with Gasteiger partial charge in [0.15, 0.2) is 0 Å². The van der Waals surface area contributed by atoms with E-state index in [0.29, 0.717) is 24.2 Å². The number of aryl methyl sites for hydroxylation is 1. The van der Waals surface area contributed by atoms with Crippen LogP contribution in [-0.2, 0) is 10.0 Å². The summed E-state index contributed by atoms with van der Waals surface area (Å²) in [4.78, 5) is 4.97. The molecule has 0 bridgehead atoms. The number of hydrazine groups is 1. The van der Waals surface area contributed by atoms with Gasteiger partial charge in [0, 0.05) is 26.2 Å². The van der Waals surface area contributed by atoms with Crippen molar-refractivity contribution >= 4 is 10.0 Å². The molecule has 1 aromatic carbocycles. The summed E-state index contributed by atoms with van der Waals surface area (Å²) in [5, 5.41) is 10.5. The van der Waals surface area contributed by atoms with Gasteiger partial charge in [-0.2, -0.15) is 5.26 Å². The van der Waals surface area contributed by atoms with Gasteiger partial charge in [0.25, 0.3) is 10.0 Å². The quantitative estimate of drug-likeness (QED) is 0.868. The lowest BCUT2D eigenvalue weighted by Crippen LogP contribution is -2.52. The van der Waals surface area contributed by atoms with Crippen LogP contribution in [0.2, 0.25) is 0 Å². The Morgan fingerprint density at radius 2 is 1.90 bits per heavy atom. The smallest absolute Gasteiger partial charge is 0.253 e. The van der Waals surface area contributed by atoms with E-state index in [1.54, 1.807) is 18.0 Å². The number of hydrogen-bond acceptors (Lipinski definition) is 5. The molecule has 108 valence electrons. The van der Waals surface area contributed by atoms with Crippen LogP contribution in [0.1, 0.15) is 11.1 Å². The summed E-state index contributed by atoms with van der Waals surface area (Å²) < 4.78 is 24.7. The van der Waals surface area contributed by atoms with E-state index >= 15 is 0 Å². The molecule has 0 atom stereocenters. The molecule has 0 spiro atoms.